The van der Waals surface area contributed by atoms with Crippen LogP contribution in [0.5, 0.6) is 11.5 Å². The van der Waals surface area contributed by atoms with Gasteiger partial charge in [0.15, 0.2) is 0 Å². The normalized spacial score (nSPS) is 10.6. The van der Waals surface area contributed by atoms with Crippen molar-refractivity contribution in [1.82, 2.24) is 10.2 Å². The number of benzene rings is 2. The van der Waals surface area contributed by atoms with E-state index >= 15 is 0 Å². The van der Waals surface area contributed by atoms with E-state index in [1.807, 2.05) is 18.2 Å². The number of ether oxygens (including phenoxy) is 1. The van der Waals surface area contributed by atoms with Gasteiger partial charge in [-0.1, -0.05) is 30.3 Å². The average Bonchev–Trinajstić information content (AvgIpc) is 2.67. The van der Waals surface area contributed by atoms with Crippen molar-refractivity contribution < 1.29 is 9.53 Å². The molecule has 0 aliphatic heterocycles. The summed E-state index contributed by atoms with van der Waals surface area (Å²) in [7, 11) is 0. The van der Waals surface area contributed by atoms with Crippen LogP contribution in [0.3, 0.4) is 0 Å². The predicted molar refractivity (Wildman–Crippen MR) is 94.3 cm³/mol. The van der Waals surface area contributed by atoms with Crippen LogP contribution >= 0.6 is 0 Å². The predicted octanol–water partition coefficient (Wildman–Crippen LogP) is 3.85. The van der Waals surface area contributed by atoms with Crippen LogP contribution in [0.25, 0.3) is 0 Å². The Labute approximate surface area is 144 Å². The van der Waals surface area contributed by atoms with Gasteiger partial charge in [-0.05, 0) is 42.0 Å². The molecule has 0 unspecified atom stereocenters. The van der Waals surface area contributed by atoms with Crippen molar-refractivity contribution in [3.63, 3.8) is 0 Å². The summed E-state index contributed by atoms with van der Waals surface area (Å²) in [6, 6.07) is 18.9. The molecule has 2 aromatic carbocycles. The SMILES string of the molecule is O=C(c1ccccc1Oc1ccccc1)N([O-])N=Cc1ccncc1. The minimum absolute atomic E-state index is 0.0353. The Kier molecular flexibility index (Phi) is 5.13. The fourth-order valence-electron chi connectivity index (χ4n) is 2.07. The maximum absolute atomic E-state index is 12.4. The minimum Gasteiger partial charge on any atom is -0.735 e. The lowest BCUT2D eigenvalue weighted by molar-refractivity contribution is 0.0824. The number of hydrogen-bond acceptors (Lipinski definition) is 5. The molecule has 124 valence electrons. The van der Waals surface area contributed by atoms with Gasteiger partial charge in [0.05, 0.1) is 11.8 Å². The Morgan fingerprint density at radius 2 is 1.68 bits per heavy atom. The topological polar surface area (TPSA) is 77.8 Å². The van der Waals surface area contributed by atoms with E-state index in [0.29, 0.717) is 17.1 Å². The van der Waals surface area contributed by atoms with Crippen molar-refractivity contribution in [2.45, 2.75) is 0 Å². The van der Waals surface area contributed by atoms with E-state index in [1.165, 1.54) is 12.3 Å². The lowest BCUT2D eigenvalue weighted by Gasteiger charge is -2.22. The number of carbonyl (C=O) groups excluding carboxylic acids is 1. The maximum atomic E-state index is 12.4. The summed E-state index contributed by atoms with van der Waals surface area (Å²) in [4.78, 5) is 16.3. The number of hydrazone groups is 1. The summed E-state index contributed by atoms with van der Waals surface area (Å²) in [5, 5.41) is 15.7. The van der Waals surface area contributed by atoms with Crippen molar-refractivity contribution in [1.29, 1.82) is 0 Å². The third-order valence-corrected chi connectivity index (χ3v) is 3.28. The van der Waals surface area contributed by atoms with Gasteiger partial charge in [0, 0.05) is 12.4 Å². The molecule has 1 heterocycles. The molecule has 1 amide bonds. The molecule has 6 heteroatoms. The second kappa shape index (κ2) is 7.85. The van der Waals surface area contributed by atoms with Gasteiger partial charge in [0.1, 0.15) is 11.5 Å². The van der Waals surface area contributed by atoms with Gasteiger partial charge in [0.25, 0.3) is 5.91 Å². The number of rotatable bonds is 5. The molecule has 0 bridgehead atoms. The number of pyridine rings is 1. The van der Waals surface area contributed by atoms with Gasteiger partial charge < -0.3 is 9.94 Å². The zero-order valence-corrected chi connectivity index (χ0v) is 13.1. The number of hydrogen-bond donors (Lipinski definition) is 0. The summed E-state index contributed by atoms with van der Waals surface area (Å²) >= 11 is 0. The lowest BCUT2D eigenvalue weighted by Crippen LogP contribution is -2.20. The molecular weight excluding hydrogens is 318 g/mol. The van der Waals surface area contributed by atoms with Gasteiger partial charge in [0.2, 0.25) is 0 Å². The molecule has 0 fully saturated rings. The number of amides is 1. The van der Waals surface area contributed by atoms with Crippen LogP contribution in [0.4, 0.5) is 0 Å². The van der Waals surface area contributed by atoms with Crippen molar-refractivity contribution in [2.24, 2.45) is 5.10 Å². The Hall–Kier alpha value is -3.51. The van der Waals surface area contributed by atoms with Crippen LogP contribution in [-0.2, 0) is 0 Å². The van der Waals surface area contributed by atoms with Crippen molar-refractivity contribution >= 4 is 12.1 Å². The second-order valence-electron chi connectivity index (χ2n) is 5.01. The first-order valence-corrected chi connectivity index (χ1v) is 7.51. The molecule has 0 N–H and O–H groups in total. The molecule has 0 spiro atoms. The van der Waals surface area contributed by atoms with E-state index < -0.39 is 5.91 Å². The standard InChI is InChI=1S/C19H14N3O3/c23-19(22(24)21-14-15-10-12-20-13-11-15)17-8-4-5-9-18(17)25-16-6-2-1-3-7-16/h1-14H/q-1. The van der Waals surface area contributed by atoms with Gasteiger partial charge in [-0.3, -0.25) is 15.0 Å². The fraction of sp³-hybridized carbons (Fsp3) is 0. The van der Waals surface area contributed by atoms with Gasteiger partial charge >= 0.3 is 0 Å². The molecule has 3 aromatic rings. The molecule has 0 radical (unpaired) electrons. The molecule has 0 saturated heterocycles. The smallest absolute Gasteiger partial charge is 0.267 e. The number of carbonyl (C=O) groups is 1. The molecule has 25 heavy (non-hydrogen) atoms. The summed E-state index contributed by atoms with van der Waals surface area (Å²) in [5.41, 5.74) is 0.797. The summed E-state index contributed by atoms with van der Waals surface area (Å²) < 4.78 is 5.70. The van der Waals surface area contributed by atoms with Gasteiger partial charge in [-0.2, -0.15) is 5.10 Å². The van der Waals surface area contributed by atoms with Crippen molar-refractivity contribution in [3.8, 4) is 11.5 Å². The molecule has 6 nitrogen and oxygen atoms in total. The molecule has 3 rings (SSSR count). The monoisotopic (exact) mass is 332 g/mol. The van der Waals surface area contributed by atoms with Gasteiger partial charge in [-0.15, -0.1) is 0 Å². The third-order valence-electron chi connectivity index (χ3n) is 3.28. The van der Waals surface area contributed by atoms with Crippen LogP contribution in [0.1, 0.15) is 15.9 Å². The van der Waals surface area contributed by atoms with E-state index in [2.05, 4.69) is 10.1 Å². The first kappa shape index (κ1) is 16.4. The first-order valence-electron chi connectivity index (χ1n) is 7.51. The van der Waals surface area contributed by atoms with Crippen molar-refractivity contribution in [2.75, 3.05) is 0 Å². The maximum Gasteiger partial charge on any atom is 0.267 e. The Bertz CT molecular complexity index is 867. The largest absolute Gasteiger partial charge is 0.735 e. The molecule has 0 atom stereocenters. The first-order chi connectivity index (χ1) is 12.2. The number of hydroxylamine groups is 1. The van der Waals surface area contributed by atoms with E-state index in [4.69, 9.17) is 4.74 Å². The van der Waals surface area contributed by atoms with E-state index in [0.717, 1.165) is 0 Å². The molecular formula is C19H14N3O3-. The van der Waals surface area contributed by atoms with Crippen LogP contribution in [-0.4, -0.2) is 22.3 Å². The van der Waals surface area contributed by atoms with Crippen LogP contribution in [0, 0.1) is 5.21 Å². The average molecular weight is 332 g/mol. The van der Waals surface area contributed by atoms with Crippen LogP contribution in [0.15, 0.2) is 84.2 Å². The van der Waals surface area contributed by atoms with E-state index in [9.17, 15) is 10.0 Å². The van der Waals surface area contributed by atoms with Gasteiger partial charge in [-0.25, -0.2) is 0 Å². The number of para-hydroxylation sites is 2. The fourth-order valence-corrected chi connectivity index (χ4v) is 2.07. The summed E-state index contributed by atoms with van der Waals surface area (Å²) in [6.45, 7) is 0. The quantitative estimate of drug-likeness (QED) is 0.525. The molecule has 0 saturated carbocycles. The highest BCUT2D eigenvalue weighted by atomic mass is 16.5. The Morgan fingerprint density at radius 1 is 1.00 bits per heavy atom. The highest BCUT2D eigenvalue weighted by Crippen LogP contribution is 2.26. The Balaban J connectivity index is 1.79. The zero-order valence-electron chi connectivity index (χ0n) is 13.1. The molecule has 1 aromatic heterocycles. The number of aromatic nitrogens is 1. The minimum atomic E-state index is -0.808. The molecule has 0 aliphatic rings. The van der Waals surface area contributed by atoms with Crippen molar-refractivity contribution in [3.05, 3.63) is 95.5 Å². The lowest BCUT2D eigenvalue weighted by atomic mass is 10.2. The summed E-state index contributed by atoms with van der Waals surface area (Å²) in [6.07, 6.45) is 4.44. The highest BCUT2D eigenvalue weighted by Gasteiger charge is 2.14. The van der Waals surface area contributed by atoms with Crippen LogP contribution in [0.2, 0.25) is 0 Å². The number of nitrogens with zero attached hydrogens (tertiary/aromatic N) is 3. The summed E-state index contributed by atoms with van der Waals surface area (Å²) in [5.74, 6) is 0.0518. The van der Waals surface area contributed by atoms with E-state index in [-0.39, 0.29) is 10.7 Å². The second-order valence-corrected chi connectivity index (χ2v) is 5.01. The van der Waals surface area contributed by atoms with Crippen LogP contribution < -0.4 is 4.74 Å². The zero-order chi connectivity index (χ0) is 17.5. The molecule has 0 aliphatic carbocycles. The Morgan fingerprint density at radius 3 is 2.44 bits per heavy atom. The highest BCUT2D eigenvalue weighted by molar-refractivity contribution is 5.97. The van der Waals surface area contributed by atoms with E-state index in [1.54, 1.807) is 54.9 Å². The third kappa shape index (κ3) is 4.27.